The van der Waals surface area contributed by atoms with Gasteiger partial charge in [-0.15, -0.1) is 19.6 Å². The normalized spacial score (nSPS) is 11.3. The third-order valence-corrected chi connectivity index (χ3v) is 5.29. The maximum absolute atomic E-state index is 6.39. The van der Waals surface area contributed by atoms with Gasteiger partial charge in [0.25, 0.3) is 0 Å². The van der Waals surface area contributed by atoms with Crippen molar-refractivity contribution in [2.45, 2.75) is 4.90 Å². The lowest BCUT2D eigenvalue weighted by Crippen LogP contribution is -1.94. The number of fused-ring (bicyclic) bond motifs is 1. The average molecular weight is 453 g/mol. The molecule has 0 fully saturated rings. The fourth-order valence-corrected chi connectivity index (χ4v) is 3.59. The van der Waals surface area contributed by atoms with Gasteiger partial charge in [-0.2, -0.15) is 5.90 Å². The monoisotopic (exact) mass is 452 g/mol. The van der Waals surface area contributed by atoms with E-state index in [1.165, 1.54) is 0 Å². The lowest BCUT2D eigenvalue weighted by Gasteiger charge is -2.10. The van der Waals surface area contributed by atoms with E-state index in [9.17, 15) is 0 Å². The van der Waals surface area contributed by atoms with Gasteiger partial charge < -0.3 is 10.5 Å². The molecule has 4 aromatic rings. The highest BCUT2D eigenvalue weighted by molar-refractivity contribution is 7.94. The van der Waals surface area contributed by atoms with E-state index in [2.05, 4.69) is 15.2 Å². The van der Waals surface area contributed by atoms with Crippen molar-refractivity contribution < 1.29 is 14.1 Å². The zero-order chi connectivity index (χ0) is 21.6. The van der Waals surface area contributed by atoms with Crippen LogP contribution in [-0.2, 0) is 9.32 Å². The number of benzene rings is 4. The van der Waals surface area contributed by atoms with Gasteiger partial charge in [0.2, 0.25) is 0 Å². The number of nitrogens with two attached hydrogens (primary N) is 2. The Bertz CT molecular complexity index is 1240. The Morgan fingerprint density at radius 3 is 2.48 bits per heavy atom. The van der Waals surface area contributed by atoms with Crippen LogP contribution in [0.1, 0.15) is 0 Å². The van der Waals surface area contributed by atoms with Crippen LogP contribution in [0.15, 0.2) is 94.0 Å². The molecule has 0 saturated carbocycles. The molecule has 4 rings (SSSR count). The van der Waals surface area contributed by atoms with Crippen LogP contribution in [0.25, 0.3) is 10.8 Å². The molecule has 0 unspecified atom stereocenters. The molecule has 0 aliphatic carbocycles. The predicted octanol–water partition coefficient (Wildman–Crippen LogP) is 7.11. The number of azo groups is 1. The lowest BCUT2D eigenvalue weighted by molar-refractivity contribution is -0.195. The molecule has 0 heterocycles. The molecule has 31 heavy (non-hydrogen) atoms. The van der Waals surface area contributed by atoms with Crippen molar-refractivity contribution in [3.63, 3.8) is 0 Å². The van der Waals surface area contributed by atoms with Crippen LogP contribution < -0.4 is 16.4 Å². The topological polar surface area (TPSA) is 104 Å². The first kappa shape index (κ1) is 21.1. The van der Waals surface area contributed by atoms with Gasteiger partial charge in [-0.25, -0.2) is 0 Å². The summed E-state index contributed by atoms with van der Waals surface area (Å²) >= 11 is 7.29. The summed E-state index contributed by atoms with van der Waals surface area (Å²) in [5.41, 5.74) is 7.63. The van der Waals surface area contributed by atoms with E-state index >= 15 is 0 Å². The Labute approximate surface area is 187 Å². The molecule has 0 aliphatic rings. The highest BCUT2D eigenvalue weighted by Crippen LogP contribution is 2.41. The molecule has 0 atom stereocenters. The quantitative estimate of drug-likeness (QED) is 0.102. The van der Waals surface area contributed by atoms with Crippen LogP contribution in [0.2, 0.25) is 5.02 Å². The molecule has 0 bridgehead atoms. The summed E-state index contributed by atoms with van der Waals surface area (Å²) in [7, 11) is 0. The minimum Gasteiger partial charge on any atom is -0.455 e. The van der Waals surface area contributed by atoms with E-state index in [0.717, 1.165) is 22.8 Å². The number of hydrogen-bond donors (Lipinski definition) is 2. The first-order valence-corrected chi connectivity index (χ1v) is 10.2. The molecule has 0 amide bonds. The summed E-state index contributed by atoms with van der Waals surface area (Å²) in [6.07, 6.45) is 0. The van der Waals surface area contributed by atoms with Crippen LogP contribution in [0.4, 0.5) is 17.1 Å². The minimum absolute atomic E-state index is 0.390. The van der Waals surface area contributed by atoms with Crippen molar-refractivity contribution in [1.82, 2.24) is 0 Å². The molecule has 4 N–H and O–H groups in total. The number of halogens is 1. The predicted molar refractivity (Wildman–Crippen MR) is 123 cm³/mol. The number of rotatable bonds is 7. The smallest absolute Gasteiger partial charge is 0.156 e. The van der Waals surface area contributed by atoms with Crippen molar-refractivity contribution >= 4 is 51.5 Å². The second kappa shape index (κ2) is 9.78. The molecule has 0 spiro atoms. The fourth-order valence-electron chi connectivity index (χ4n) is 2.91. The van der Waals surface area contributed by atoms with Crippen molar-refractivity contribution in [1.29, 1.82) is 0 Å². The summed E-state index contributed by atoms with van der Waals surface area (Å²) in [6, 6.07) is 23.9. The standard InChI is InChI=1S/C22H17ClN4O3S/c23-17-9-5-11-20(28-15-7-2-1-3-8-15)22(17)27-26-19-13-16-14(6-4-10-18(16)24)12-21(19)31-30-29-25/h1-13H,24-25H2. The largest absolute Gasteiger partial charge is 0.455 e. The van der Waals surface area contributed by atoms with Gasteiger partial charge in [0, 0.05) is 11.1 Å². The van der Waals surface area contributed by atoms with Crippen molar-refractivity contribution in [2.24, 2.45) is 16.1 Å². The first-order valence-electron chi connectivity index (χ1n) is 9.11. The number of ether oxygens (including phenoxy) is 1. The van der Waals surface area contributed by atoms with E-state index in [1.807, 2.05) is 60.7 Å². The average Bonchev–Trinajstić information content (AvgIpc) is 2.78. The van der Waals surface area contributed by atoms with Crippen LogP contribution in [0.3, 0.4) is 0 Å². The molecule has 9 heteroatoms. The highest BCUT2D eigenvalue weighted by atomic mass is 35.5. The van der Waals surface area contributed by atoms with Gasteiger partial charge in [-0.1, -0.05) is 48.0 Å². The van der Waals surface area contributed by atoms with E-state index < -0.39 is 0 Å². The third kappa shape index (κ3) is 4.96. The zero-order valence-corrected chi connectivity index (χ0v) is 17.6. The Balaban J connectivity index is 1.75. The maximum atomic E-state index is 6.39. The second-order valence-electron chi connectivity index (χ2n) is 6.34. The van der Waals surface area contributed by atoms with E-state index in [0.29, 0.717) is 38.5 Å². The number of nitrogen functional groups attached to an aromatic ring is 1. The van der Waals surface area contributed by atoms with Gasteiger partial charge in [0.15, 0.2) is 5.75 Å². The Morgan fingerprint density at radius 2 is 1.68 bits per heavy atom. The maximum Gasteiger partial charge on any atom is 0.156 e. The van der Waals surface area contributed by atoms with E-state index in [1.54, 1.807) is 18.2 Å². The second-order valence-corrected chi connectivity index (χ2v) is 7.49. The van der Waals surface area contributed by atoms with Crippen LogP contribution >= 0.6 is 23.6 Å². The number of nitrogens with zero attached hydrogens (tertiary/aromatic N) is 2. The summed E-state index contributed by atoms with van der Waals surface area (Å²) in [5.74, 6) is 6.12. The van der Waals surface area contributed by atoms with Gasteiger partial charge in [0.1, 0.15) is 17.1 Å². The van der Waals surface area contributed by atoms with E-state index in [-0.39, 0.29) is 0 Å². The lowest BCUT2D eigenvalue weighted by atomic mass is 10.1. The number of anilines is 1. The van der Waals surface area contributed by atoms with E-state index in [4.69, 9.17) is 32.3 Å². The Morgan fingerprint density at radius 1 is 0.871 bits per heavy atom. The molecular weight excluding hydrogens is 436 g/mol. The first-order chi connectivity index (χ1) is 15.2. The molecule has 156 valence electrons. The Hall–Kier alpha value is -3.14. The fraction of sp³-hybridized carbons (Fsp3) is 0. The van der Waals surface area contributed by atoms with Crippen LogP contribution in [0, 0.1) is 0 Å². The Kier molecular flexibility index (Phi) is 6.66. The summed E-state index contributed by atoms with van der Waals surface area (Å²) in [5, 5.41) is 10.9. The highest BCUT2D eigenvalue weighted by Gasteiger charge is 2.12. The van der Waals surface area contributed by atoms with Gasteiger partial charge in [0.05, 0.1) is 22.0 Å². The number of para-hydroxylation sites is 1. The molecule has 0 saturated heterocycles. The summed E-state index contributed by atoms with van der Waals surface area (Å²) in [6.45, 7) is 0. The molecular formula is C22H17ClN4O3S. The van der Waals surface area contributed by atoms with Crippen LogP contribution in [0.5, 0.6) is 11.5 Å². The van der Waals surface area contributed by atoms with Crippen molar-refractivity contribution in [3.8, 4) is 11.5 Å². The minimum atomic E-state index is 0.390. The molecule has 0 radical (unpaired) electrons. The third-order valence-electron chi connectivity index (χ3n) is 4.34. The van der Waals surface area contributed by atoms with Gasteiger partial charge in [-0.3, -0.25) is 0 Å². The van der Waals surface area contributed by atoms with Crippen LogP contribution in [-0.4, -0.2) is 0 Å². The molecule has 7 nitrogen and oxygen atoms in total. The molecule has 4 aromatic carbocycles. The molecule has 0 aliphatic heterocycles. The van der Waals surface area contributed by atoms with Crippen molar-refractivity contribution in [3.05, 3.63) is 83.9 Å². The molecule has 0 aromatic heterocycles. The van der Waals surface area contributed by atoms with Crippen molar-refractivity contribution in [2.75, 3.05) is 5.73 Å². The SMILES string of the molecule is NOOSc1cc2cccc(N)c2cc1N=Nc1c(Cl)cccc1Oc1ccccc1. The van der Waals surface area contributed by atoms with Gasteiger partial charge in [-0.05, 0) is 47.9 Å². The zero-order valence-electron chi connectivity index (χ0n) is 16.1. The summed E-state index contributed by atoms with van der Waals surface area (Å²) < 4.78 is 10.8. The summed E-state index contributed by atoms with van der Waals surface area (Å²) in [4.78, 5) is 4.86. The number of hydrogen-bond acceptors (Lipinski definition) is 8. The van der Waals surface area contributed by atoms with Gasteiger partial charge >= 0.3 is 0 Å².